The van der Waals surface area contributed by atoms with Crippen molar-refractivity contribution in [1.29, 1.82) is 0 Å². The van der Waals surface area contributed by atoms with Crippen molar-refractivity contribution in [2.24, 2.45) is 5.92 Å². The van der Waals surface area contributed by atoms with Gasteiger partial charge in [0.05, 0.1) is 24.8 Å². The van der Waals surface area contributed by atoms with E-state index in [9.17, 15) is 9.59 Å². The second kappa shape index (κ2) is 5.03. The van der Waals surface area contributed by atoms with E-state index >= 15 is 0 Å². The van der Waals surface area contributed by atoms with Crippen LogP contribution in [0.4, 0.5) is 0 Å². The standard InChI is InChI=1S/C12H14N2O4/c1-18-10-6-13-4-2-9(10)11(15)14-5-3-8(7-14)12(16)17/h2,4,6,8H,3,5,7H2,1H3,(H,16,17). The zero-order valence-electron chi connectivity index (χ0n) is 10.00. The van der Waals surface area contributed by atoms with Crippen molar-refractivity contribution in [1.82, 2.24) is 9.88 Å². The number of hydrogen-bond donors (Lipinski definition) is 1. The quantitative estimate of drug-likeness (QED) is 0.851. The first-order chi connectivity index (χ1) is 8.63. The van der Waals surface area contributed by atoms with Gasteiger partial charge in [0.15, 0.2) is 0 Å². The highest BCUT2D eigenvalue weighted by Crippen LogP contribution is 2.23. The molecule has 0 radical (unpaired) electrons. The summed E-state index contributed by atoms with van der Waals surface area (Å²) in [7, 11) is 1.47. The lowest BCUT2D eigenvalue weighted by Crippen LogP contribution is -2.30. The average Bonchev–Trinajstić information content (AvgIpc) is 2.87. The minimum absolute atomic E-state index is 0.210. The van der Waals surface area contributed by atoms with Crippen LogP contribution in [0.3, 0.4) is 0 Å². The van der Waals surface area contributed by atoms with Crippen LogP contribution in [0.2, 0.25) is 0 Å². The Morgan fingerprint density at radius 1 is 1.56 bits per heavy atom. The first-order valence-corrected chi connectivity index (χ1v) is 5.63. The lowest BCUT2D eigenvalue weighted by molar-refractivity contribution is -0.141. The molecule has 1 aliphatic heterocycles. The number of carbonyl (C=O) groups excluding carboxylic acids is 1. The maximum atomic E-state index is 12.2. The number of carboxylic acids is 1. The summed E-state index contributed by atoms with van der Waals surface area (Å²) in [4.78, 5) is 28.5. The van der Waals surface area contributed by atoms with E-state index in [0.717, 1.165) is 0 Å². The maximum Gasteiger partial charge on any atom is 0.308 e. The maximum absolute atomic E-state index is 12.2. The minimum Gasteiger partial charge on any atom is -0.494 e. The highest BCUT2D eigenvalue weighted by atomic mass is 16.5. The molecule has 6 heteroatoms. The number of likely N-dealkylation sites (tertiary alicyclic amines) is 1. The van der Waals surface area contributed by atoms with Gasteiger partial charge in [-0.1, -0.05) is 0 Å². The fourth-order valence-electron chi connectivity index (χ4n) is 2.04. The molecule has 2 rings (SSSR count). The zero-order valence-corrected chi connectivity index (χ0v) is 10.00. The topological polar surface area (TPSA) is 79.7 Å². The molecule has 1 N–H and O–H groups in total. The van der Waals surface area contributed by atoms with Gasteiger partial charge >= 0.3 is 5.97 Å². The summed E-state index contributed by atoms with van der Waals surface area (Å²) in [5.41, 5.74) is 0.415. The summed E-state index contributed by atoms with van der Waals surface area (Å²) in [6.45, 7) is 0.709. The number of amides is 1. The molecule has 0 bridgehead atoms. The van der Waals surface area contributed by atoms with E-state index in [-0.39, 0.29) is 12.5 Å². The molecule has 1 aromatic heterocycles. The number of carbonyl (C=O) groups is 2. The molecular formula is C12H14N2O4. The van der Waals surface area contributed by atoms with Gasteiger partial charge < -0.3 is 14.7 Å². The first-order valence-electron chi connectivity index (χ1n) is 5.63. The Morgan fingerprint density at radius 2 is 2.33 bits per heavy atom. The van der Waals surface area contributed by atoms with Gasteiger partial charge in [-0.15, -0.1) is 0 Å². The van der Waals surface area contributed by atoms with Gasteiger partial charge in [0.2, 0.25) is 0 Å². The zero-order chi connectivity index (χ0) is 13.1. The molecule has 1 fully saturated rings. The lowest BCUT2D eigenvalue weighted by Gasteiger charge is -2.17. The molecular weight excluding hydrogens is 236 g/mol. The molecule has 18 heavy (non-hydrogen) atoms. The fourth-order valence-corrected chi connectivity index (χ4v) is 2.04. The summed E-state index contributed by atoms with van der Waals surface area (Å²) >= 11 is 0. The third-order valence-electron chi connectivity index (χ3n) is 3.06. The Balaban J connectivity index is 2.15. The number of aliphatic carboxylic acids is 1. The van der Waals surface area contributed by atoms with Crippen LogP contribution in [0, 0.1) is 5.92 Å². The van der Waals surface area contributed by atoms with Crippen molar-refractivity contribution in [2.75, 3.05) is 20.2 Å². The Kier molecular flexibility index (Phi) is 3.45. The molecule has 1 amide bonds. The van der Waals surface area contributed by atoms with Gasteiger partial charge in [-0.05, 0) is 12.5 Å². The summed E-state index contributed by atoms with van der Waals surface area (Å²) in [5, 5.41) is 8.91. The van der Waals surface area contributed by atoms with E-state index in [0.29, 0.717) is 24.3 Å². The number of nitrogens with zero attached hydrogens (tertiary/aromatic N) is 2. The summed E-state index contributed by atoms with van der Waals surface area (Å²) in [6, 6.07) is 1.58. The van der Waals surface area contributed by atoms with Crippen molar-refractivity contribution >= 4 is 11.9 Å². The molecule has 1 aliphatic rings. The van der Waals surface area contributed by atoms with Gasteiger partial charge in [-0.25, -0.2) is 0 Å². The van der Waals surface area contributed by atoms with E-state index in [1.54, 1.807) is 6.07 Å². The van der Waals surface area contributed by atoms with E-state index in [1.165, 1.54) is 24.4 Å². The van der Waals surface area contributed by atoms with Crippen LogP contribution >= 0.6 is 0 Å². The molecule has 1 atom stereocenters. The Labute approximate surface area is 104 Å². The Morgan fingerprint density at radius 3 is 2.94 bits per heavy atom. The third kappa shape index (κ3) is 2.27. The minimum atomic E-state index is -0.855. The van der Waals surface area contributed by atoms with Crippen LogP contribution < -0.4 is 4.74 Å². The lowest BCUT2D eigenvalue weighted by atomic mass is 10.1. The molecule has 1 saturated heterocycles. The Bertz CT molecular complexity index is 475. The number of methoxy groups -OCH3 is 1. The van der Waals surface area contributed by atoms with Crippen molar-refractivity contribution in [2.45, 2.75) is 6.42 Å². The summed E-state index contributed by atoms with van der Waals surface area (Å²) in [5.74, 6) is -1.13. The number of rotatable bonds is 3. The Hall–Kier alpha value is -2.11. The highest BCUT2D eigenvalue weighted by Gasteiger charge is 2.32. The summed E-state index contributed by atoms with van der Waals surface area (Å²) in [6.07, 6.45) is 3.48. The largest absolute Gasteiger partial charge is 0.494 e. The third-order valence-corrected chi connectivity index (χ3v) is 3.06. The van der Waals surface area contributed by atoms with Gasteiger partial charge in [-0.2, -0.15) is 0 Å². The fraction of sp³-hybridized carbons (Fsp3) is 0.417. The van der Waals surface area contributed by atoms with E-state index in [1.807, 2.05) is 0 Å². The molecule has 0 aromatic carbocycles. The second-order valence-corrected chi connectivity index (χ2v) is 4.15. The predicted molar refractivity (Wildman–Crippen MR) is 62.4 cm³/mol. The van der Waals surface area contributed by atoms with Crippen LogP contribution in [0.15, 0.2) is 18.5 Å². The molecule has 0 spiro atoms. The van der Waals surface area contributed by atoms with Crippen LogP contribution in [-0.4, -0.2) is 47.1 Å². The van der Waals surface area contributed by atoms with Crippen LogP contribution in [0.1, 0.15) is 16.8 Å². The molecule has 0 aliphatic carbocycles. The van der Waals surface area contributed by atoms with E-state index in [2.05, 4.69) is 4.98 Å². The van der Waals surface area contributed by atoms with Gasteiger partial charge in [-0.3, -0.25) is 14.6 Å². The molecule has 6 nitrogen and oxygen atoms in total. The van der Waals surface area contributed by atoms with Gasteiger partial charge in [0, 0.05) is 19.3 Å². The number of ether oxygens (including phenoxy) is 1. The summed E-state index contributed by atoms with van der Waals surface area (Å²) < 4.78 is 5.07. The molecule has 0 saturated carbocycles. The van der Waals surface area contributed by atoms with E-state index in [4.69, 9.17) is 9.84 Å². The predicted octanol–water partition coefficient (Wildman–Crippen LogP) is 0.637. The van der Waals surface area contributed by atoms with Crippen molar-refractivity contribution in [3.05, 3.63) is 24.0 Å². The number of carboxylic acid groups (broad SMARTS) is 1. The average molecular weight is 250 g/mol. The van der Waals surface area contributed by atoms with Crippen LogP contribution in [0.25, 0.3) is 0 Å². The SMILES string of the molecule is COc1cnccc1C(=O)N1CCC(C(=O)O)C1. The first kappa shape index (κ1) is 12.3. The van der Waals surface area contributed by atoms with Crippen LogP contribution in [-0.2, 0) is 4.79 Å². The highest BCUT2D eigenvalue weighted by molar-refractivity contribution is 5.97. The monoisotopic (exact) mass is 250 g/mol. The second-order valence-electron chi connectivity index (χ2n) is 4.15. The molecule has 1 unspecified atom stereocenters. The number of hydrogen-bond acceptors (Lipinski definition) is 4. The van der Waals surface area contributed by atoms with Crippen molar-refractivity contribution in [3.63, 3.8) is 0 Å². The van der Waals surface area contributed by atoms with Crippen molar-refractivity contribution in [3.8, 4) is 5.75 Å². The normalized spacial score (nSPS) is 18.7. The number of pyridine rings is 1. The molecule has 1 aromatic rings. The smallest absolute Gasteiger partial charge is 0.308 e. The van der Waals surface area contributed by atoms with Crippen molar-refractivity contribution < 1.29 is 19.4 Å². The van der Waals surface area contributed by atoms with Gasteiger partial charge in [0.1, 0.15) is 5.75 Å². The van der Waals surface area contributed by atoms with Gasteiger partial charge in [0.25, 0.3) is 5.91 Å². The molecule has 96 valence electrons. The number of aromatic nitrogens is 1. The van der Waals surface area contributed by atoms with Crippen LogP contribution in [0.5, 0.6) is 5.75 Å². The van der Waals surface area contributed by atoms with E-state index < -0.39 is 11.9 Å². The molecule has 2 heterocycles.